The Hall–Kier alpha value is -2.64. The molecule has 0 fully saturated rings. The zero-order valence-corrected chi connectivity index (χ0v) is 14.6. The number of hydrogen-bond acceptors (Lipinski definition) is 6. The lowest BCUT2D eigenvalue weighted by Gasteiger charge is -2.08. The largest absolute Gasteiger partial charge is 0.434 e. The van der Waals surface area contributed by atoms with Crippen molar-refractivity contribution >= 4 is 29.1 Å². The number of nitrogens with zero attached hydrogens (tertiary/aromatic N) is 3. The molecular formula is C17H12ClN3O3S. The minimum atomic E-state index is -0.540. The third-order valence-corrected chi connectivity index (χ3v) is 4.45. The summed E-state index contributed by atoms with van der Waals surface area (Å²) in [4.78, 5) is 19.7. The zero-order valence-electron chi connectivity index (χ0n) is 13.0. The third-order valence-electron chi connectivity index (χ3n) is 3.20. The molecule has 0 N–H and O–H groups in total. The Morgan fingerprint density at radius 2 is 1.76 bits per heavy atom. The molecule has 0 bridgehead atoms. The van der Waals surface area contributed by atoms with Crippen LogP contribution in [-0.4, -0.2) is 14.9 Å². The van der Waals surface area contributed by atoms with Crippen molar-refractivity contribution < 1.29 is 9.66 Å². The van der Waals surface area contributed by atoms with Gasteiger partial charge < -0.3 is 4.74 Å². The van der Waals surface area contributed by atoms with E-state index in [0.717, 1.165) is 22.2 Å². The lowest BCUT2D eigenvalue weighted by Crippen LogP contribution is -2.00. The molecule has 0 saturated heterocycles. The first-order valence-corrected chi connectivity index (χ1v) is 8.40. The number of benzene rings is 2. The van der Waals surface area contributed by atoms with Gasteiger partial charge in [-0.15, -0.1) is 0 Å². The quantitative estimate of drug-likeness (QED) is 0.343. The molecule has 6 nitrogen and oxygen atoms in total. The second kappa shape index (κ2) is 7.50. The second-order valence-corrected chi connectivity index (χ2v) is 6.56. The van der Waals surface area contributed by atoms with Crippen molar-refractivity contribution in [3.8, 4) is 11.6 Å². The molecule has 0 aliphatic carbocycles. The molecule has 0 spiro atoms. The van der Waals surface area contributed by atoms with Crippen LogP contribution in [0.3, 0.4) is 0 Å². The minimum absolute atomic E-state index is 0.0969. The standard InChI is InChI=1S/C17H12ClN3O3S/c1-11-2-6-13(7-3-11)24-16-15(21(22)23)17(20-10-19-16)25-14-8-4-12(18)5-9-14/h2-10H,1H3. The summed E-state index contributed by atoms with van der Waals surface area (Å²) in [6.07, 6.45) is 1.24. The van der Waals surface area contributed by atoms with E-state index in [2.05, 4.69) is 9.97 Å². The van der Waals surface area contributed by atoms with Gasteiger partial charge in [-0.25, -0.2) is 4.98 Å². The van der Waals surface area contributed by atoms with Crippen LogP contribution >= 0.6 is 23.4 Å². The Kier molecular flexibility index (Phi) is 5.16. The molecule has 0 atom stereocenters. The predicted octanol–water partition coefficient (Wildman–Crippen LogP) is 5.29. The first kappa shape index (κ1) is 17.2. The average Bonchev–Trinajstić information content (AvgIpc) is 2.59. The number of hydrogen-bond donors (Lipinski definition) is 0. The van der Waals surface area contributed by atoms with Gasteiger partial charge in [-0.1, -0.05) is 41.1 Å². The van der Waals surface area contributed by atoms with Gasteiger partial charge in [0.15, 0.2) is 5.03 Å². The molecule has 2 aromatic carbocycles. The van der Waals surface area contributed by atoms with Gasteiger partial charge in [0.25, 0.3) is 0 Å². The number of aromatic nitrogens is 2. The molecule has 0 aliphatic rings. The van der Waals surface area contributed by atoms with Gasteiger partial charge in [0, 0.05) is 9.92 Å². The summed E-state index contributed by atoms with van der Waals surface area (Å²) in [6, 6.07) is 14.1. The summed E-state index contributed by atoms with van der Waals surface area (Å²) in [5.41, 5.74) is 0.784. The van der Waals surface area contributed by atoms with Crippen LogP contribution in [0.5, 0.6) is 11.6 Å². The van der Waals surface area contributed by atoms with Crippen LogP contribution in [0.2, 0.25) is 5.02 Å². The average molecular weight is 374 g/mol. The SMILES string of the molecule is Cc1ccc(Oc2ncnc(Sc3ccc(Cl)cc3)c2[N+](=O)[O-])cc1. The van der Waals surface area contributed by atoms with Crippen molar-refractivity contribution in [1.29, 1.82) is 0 Å². The molecule has 126 valence electrons. The highest BCUT2D eigenvalue weighted by Gasteiger charge is 2.25. The van der Waals surface area contributed by atoms with Crippen molar-refractivity contribution in [2.75, 3.05) is 0 Å². The summed E-state index contributed by atoms with van der Waals surface area (Å²) in [7, 11) is 0. The summed E-state index contributed by atoms with van der Waals surface area (Å²) in [5.74, 6) is 0.371. The van der Waals surface area contributed by atoms with Crippen molar-refractivity contribution in [2.45, 2.75) is 16.8 Å². The number of aryl methyl sites for hydroxylation is 1. The highest BCUT2D eigenvalue weighted by atomic mass is 35.5. The fraction of sp³-hybridized carbons (Fsp3) is 0.0588. The maximum atomic E-state index is 11.5. The van der Waals surface area contributed by atoms with E-state index in [0.29, 0.717) is 10.8 Å². The van der Waals surface area contributed by atoms with Gasteiger partial charge in [-0.3, -0.25) is 10.1 Å². The van der Waals surface area contributed by atoms with Gasteiger partial charge in [0.1, 0.15) is 12.1 Å². The molecule has 3 rings (SSSR count). The van der Waals surface area contributed by atoms with E-state index in [1.54, 1.807) is 36.4 Å². The Labute approximate surface area is 153 Å². The van der Waals surface area contributed by atoms with Crippen LogP contribution in [0.1, 0.15) is 5.56 Å². The Bertz CT molecular complexity index is 836. The van der Waals surface area contributed by atoms with Crippen LogP contribution < -0.4 is 4.74 Å². The molecule has 25 heavy (non-hydrogen) atoms. The fourth-order valence-corrected chi connectivity index (χ4v) is 2.97. The molecule has 0 aliphatic heterocycles. The van der Waals surface area contributed by atoms with Crippen LogP contribution in [0.25, 0.3) is 0 Å². The number of halogens is 1. The van der Waals surface area contributed by atoms with E-state index in [9.17, 15) is 10.1 Å². The molecule has 3 aromatic rings. The maximum Gasteiger partial charge on any atom is 0.363 e. The van der Waals surface area contributed by atoms with Gasteiger partial charge in [0.05, 0.1) is 4.92 Å². The topological polar surface area (TPSA) is 78.2 Å². The number of ether oxygens (including phenoxy) is 1. The molecule has 0 radical (unpaired) electrons. The molecule has 0 amide bonds. The molecule has 0 unspecified atom stereocenters. The van der Waals surface area contributed by atoms with Crippen molar-refractivity contribution in [3.05, 3.63) is 75.6 Å². The van der Waals surface area contributed by atoms with E-state index in [1.807, 2.05) is 19.1 Å². The summed E-state index contributed by atoms with van der Waals surface area (Å²) >= 11 is 7.01. The zero-order chi connectivity index (χ0) is 17.8. The highest BCUT2D eigenvalue weighted by Crippen LogP contribution is 2.39. The van der Waals surface area contributed by atoms with Crippen molar-refractivity contribution in [3.63, 3.8) is 0 Å². The molecular weight excluding hydrogens is 362 g/mol. The van der Waals surface area contributed by atoms with Gasteiger partial charge in [-0.2, -0.15) is 4.98 Å². The first-order chi connectivity index (χ1) is 12.0. The monoisotopic (exact) mass is 373 g/mol. The lowest BCUT2D eigenvalue weighted by atomic mass is 10.2. The van der Waals surface area contributed by atoms with Crippen LogP contribution in [0, 0.1) is 17.0 Å². The van der Waals surface area contributed by atoms with E-state index in [1.165, 1.54) is 6.33 Å². The van der Waals surface area contributed by atoms with Crippen molar-refractivity contribution in [1.82, 2.24) is 9.97 Å². The minimum Gasteiger partial charge on any atom is -0.434 e. The van der Waals surface area contributed by atoms with E-state index in [-0.39, 0.29) is 16.6 Å². The van der Waals surface area contributed by atoms with Gasteiger partial charge in [-0.05, 0) is 43.3 Å². The first-order valence-electron chi connectivity index (χ1n) is 7.20. The van der Waals surface area contributed by atoms with E-state index in [4.69, 9.17) is 16.3 Å². The lowest BCUT2D eigenvalue weighted by molar-refractivity contribution is -0.389. The predicted molar refractivity (Wildman–Crippen MR) is 95.5 cm³/mol. The summed E-state index contributed by atoms with van der Waals surface area (Å²) < 4.78 is 5.60. The van der Waals surface area contributed by atoms with Crippen molar-refractivity contribution in [2.24, 2.45) is 0 Å². The number of nitro groups is 1. The molecule has 0 saturated carbocycles. The number of rotatable bonds is 5. The van der Waals surface area contributed by atoms with Crippen LogP contribution in [0.4, 0.5) is 5.69 Å². The normalized spacial score (nSPS) is 10.5. The third kappa shape index (κ3) is 4.26. The maximum absolute atomic E-state index is 11.5. The smallest absolute Gasteiger partial charge is 0.363 e. The van der Waals surface area contributed by atoms with E-state index < -0.39 is 4.92 Å². The highest BCUT2D eigenvalue weighted by molar-refractivity contribution is 7.99. The Morgan fingerprint density at radius 1 is 1.08 bits per heavy atom. The molecule has 1 aromatic heterocycles. The van der Waals surface area contributed by atoms with Crippen LogP contribution in [0.15, 0.2) is 64.8 Å². The fourth-order valence-electron chi connectivity index (χ4n) is 1.99. The second-order valence-electron chi connectivity index (χ2n) is 5.06. The Morgan fingerprint density at radius 3 is 2.40 bits per heavy atom. The summed E-state index contributed by atoms with van der Waals surface area (Å²) in [5, 5.41) is 12.3. The van der Waals surface area contributed by atoms with E-state index >= 15 is 0 Å². The van der Waals surface area contributed by atoms with Gasteiger partial charge in [0.2, 0.25) is 0 Å². The summed E-state index contributed by atoms with van der Waals surface area (Å²) in [6.45, 7) is 1.94. The Balaban J connectivity index is 1.94. The van der Waals surface area contributed by atoms with Crippen LogP contribution in [-0.2, 0) is 0 Å². The van der Waals surface area contributed by atoms with Gasteiger partial charge >= 0.3 is 11.6 Å². The molecule has 8 heteroatoms. The molecule has 1 heterocycles.